The lowest BCUT2D eigenvalue weighted by atomic mass is 10.2. The molecule has 10 nitrogen and oxygen atoms in total. The number of imide groups is 1. The van der Waals surface area contributed by atoms with E-state index in [9.17, 15) is 19.2 Å². The van der Waals surface area contributed by atoms with Gasteiger partial charge in [0.25, 0.3) is 11.1 Å². The van der Waals surface area contributed by atoms with Gasteiger partial charge in [-0.05, 0) is 60.7 Å². The van der Waals surface area contributed by atoms with Crippen molar-refractivity contribution in [3.8, 4) is 17.6 Å². The highest BCUT2D eigenvalue weighted by Gasteiger charge is 2.36. The van der Waals surface area contributed by atoms with Crippen LogP contribution in [-0.4, -0.2) is 54.8 Å². The Hall–Kier alpha value is -4.01. The largest absolute Gasteiger partial charge is 0.490 e. The zero-order valence-electron chi connectivity index (χ0n) is 19.2. The maximum absolute atomic E-state index is 12.8. The molecule has 1 N–H and O–H groups in total. The molecule has 1 aliphatic rings. The number of halogens is 1. The molecule has 2 aromatic rings. The number of methoxy groups -OCH3 is 1. The normalized spacial score (nSPS) is 13.9. The Labute approximate surface area is 215 Å². The van der Waals surface area contributed by atoms with Gasteiger partial charge in [-0.1, -0.05) is 17.7 Å². The van der Waals surface area contributed by atoms with Gasteiger partial charge in [-0.3, -0.25) is 19.3 Å². The monoisotopic (exact) mass is 529 g/mol. The van der Waals surface area contributed by atoms with Gasteiger partial charge in [-0.2, -0.15) is 5.26 Å². The van der Waals surface area contributed by atoms with E-state index >= 15 is 0 Å². The van der Waals surface area contributed by atoms with Crippen molar-refractivity contribution in [3.63, 3.8) is 0 Å². The standard InChI is InChI=1S/C24H20ClN3O7S/c1-3-34-19-10-14(4-7-18(19)35-9-8-26)11-20-22(30)28(24(32)36-20)13-21(29)27-15-5-6-17(25)16(12-15)23(31)33-2/h4-7,10-12H,3,9,13H2,1-2H3,(H,27,29)/b20-11-. The van der Waals surface area contributed by atoms with Crippen molar-refractivity contribution in [2.24, 2.45) is 0 Å². The Morgan fingerprint density at radius 1 is 1.17 bits per heavy atom. The van der Waals surface area contributed by atoms with Gasteiger partial charge in [-0.25, -0.2) is 4.79 Å². The minimum absolute atomic E-state index is 0.0570. The fourth-order valence-corrected chi connectivity index (χ4v) is 4.15. The molecule has 3 amide bonds. The zero-order chi connectivity index (χ0) is 26.2. The van der Waals surface area contributed by atoms with Crippen molar-refractivity contribution in [2.45, 2.75) is 6.92 Å². The highest BCUT2D eigenvalue weighted by Crippen LogP contribution is 2.34. The second-order valence-corrected chi connectivity index (χ2v) is 8.49. The molecule has 0 aliphatic carbocycles. The number of nitrogens with one attached hydrogen (secondary N) is 1. The smallest absolute Gasteiger partial charge is 0.339 e. The number of thioether (sulfide) groups is 1. The number of amides is 3. The average Bonchev–Trinajstić information content (AvgIpc) is 3.11. The number of carbonyl (C=O) groups is 4. The highest BCUT2D eigenvalue weighted by molar-refractivity contribution is 8.18. The Morgan fingerprint density at radius 3 is 2.64 bits per heavy atom. The molecule has 0 radical (unpaired) electrons. The molecule has 1 fully saturated rings. The number of hydrogen-bond acceptors (Lipinski definition) is 9. The Kier molecular flexibility index (Phi) is 8.94. The van der Waals surface area contributed by atoms with E-state index in [1.165, 1.54) is 31.4 Å². The lowest BCUT2D eigenvalue weighted by Crippen LogP contribution is -2.36. The SMILES string of the molecule is CCOc1cc(/C=C2\SC(=O)N(CC(=O)Nc3ccc(Cl)c(C(=O)OC)c3)C2=O)ccc1OCC#N. The number of anilines is 1. The van der Waals surface area contributed by atoms with Crippen LogP contribution in [0.15, 0.2) is 41.3 Å². The van der Waals surface area contributed by atoms with Crippen molar-refractivity contribution in [3.05, 3.63) is 57.5 Å². The first-order chi connectivity index (χ1) is 17.3. The lowest BCUT2D eigenvalue weighted by Gasteiger charge is -2.13. The van der Waals surface area contributed by atoms with Crippen LogP contribution in [0.5, 0.6) is 11.5 Å². The third kappa shape index (κ3) is 6.35. The van der Waals surface area contributed by atoms with E-state index in [2.05, 4.69) is 10.1 Å². The van der Waals surface area contributed by atoms with E-state index in [4.69, 9.17) is 26.3 Å². The zero-order valence-corrected chi connectivity index (χ0v) is 20.8. The minimum Gasteiger partial charge on any atom is -0.490 e. The summed E-state index contributed by atoms with van der Waals surface area (Å²) >= 11 is 6.67. The molecule has 12 heteroatoms. The molecule has 1 heterocycles. The number of nitriles is 1. The highest BCUT2D eigenvalue weighted by atomic mass is 35.5. The van der Waals surface area contributed by atoms with Crippen LogP contribution in [0.3, 0.4) is 0 Å². The molecule has 0 spiro atoms. The molecular weight excluding hydrogens is 510 g/mol. The van der Waals surface area contributed by atoms with Crippen molar-refractivity contribution in [1.82, 2.24) is 4.90 Å². The predicted octanol–water partition coefficient (Wildman–Crippen LogP) is 4.10. The molecule has 1 saturated heterocycles. The van der Waals surface area contributed by atoms with E-state index in [-0.39, 0.29) is 27.8 Å². The molecule has 186 valence electrons. The summed E-state index contributed by atoms with van der Waals surface area (Å²) in [5, 5.41) is 10.8. The van der Waals surface area contributed by atoms with Crippen molar-refractivity contribution >= 4 is 58.1 Å². The summed E-state index contributed by atoms with van der Waals surface area (Å²) in [6.45, 7) is 1.47. The summed E-state index contributed by atoms with van der Waals surface area (Å²) in [6.07, 6.45) is 1.50. The summed E-state index contributed by atoms with van der Waals surface area (Å²) in [4.78, 5) is 50.5. The maximum Gasteiger partial charge on any atom is 0.339 e. The number of rotatable bonds is 9. The van der Waals surface area contributed by atoms with E-state index < -0.39 is 29.6 Å². The van der Waals surface area contributed by atoms with Crippen LogP contribution in [0.4, 0.5) is 10.5 Å². The minimum atomic E-state index is -0.677. The van der Waals surface area contributed by atoms with Crippen LogP contribution >= 0.6 is 23.4 Å². The second-order valence-electron chi connectivity index (χ2n) is 7.09. The number of hydrogen-bond donors (Lipinski definition) is 1. The second kappa shape index (κ2) is 12.1. The molecular formula is C24H20ClN3O7S. The Balaban J connectivity index is 1.72. The molecule has 0 aromatic heterocycles. The summed E-state index contributed by atoms with van der Waals surface area (Å²) in [6, 6.07) is 11.0. The molecule has 0 atom stereocenters. The van der Waals surface area contributed by atoms with Gasteiger partial charge in [0, 0.05) is 5.69 Å². The van der Waals surface area contributed by atoms with Gasteiger partial charge in [0.05, 0.1) is 29.2 Å². The van der Waals surface area contributed by atoms with Crippen LogP contribution in [0.1, 0.15) is 22.8 Å². The Morgan fingerprint density at radius 2 is 1.94 bits per heavy atom. The molecule has 0 bridgehead atoms. The van der Waals surface area contributed by atoms with Gasteiger partial charge in [0.15, 0.2) is 18.1 Å². The number of benzene rings is 2. The van der Waals surface area contributed by atoms with Crippen LogP contribution in [-0.2, 0) is 14.3 Å². The van der Waals surface area contributed by atoms with Gasteiger partial charge in [0.1, 0.15) is 12.6 Å². The van der Waals surface area contributed by atoms with E-state index in [1.807, 2.05) is 6.07 Å². The first-order valence-corrected chi connectivity index (χ1v) is 11.7. The average molecular weight is 530 g/mol. The van der Waals surface area contributed by atoms with Crippen LogP contribution in [0.2, 0.25) is 5.02 Å². The van der Waals surface area contributed by atoms with Crippen LogP contribution in [0, 0.1) is 11.3 Å². The molecule has 0 unspecified atom stereocenters. The number of carbonyl (C=O) groups excluding carboxylic acids is 4. The number of nitrogens with zero attached hydrogens (tertiary/aromatic N) is 2. The maximum atomic E-state index is 12.8. The first-order valence-electron chi connectivity index (χ1n) is 10.5. The van der Waals surface area contributed by atoms with Crippen LogP contribution < -0.4 is 14.8 Å². The van der Waals surface area contributed by atoms with Gasteiger partial charge in [-0.15, -0.1) is 0 Å². The first kappa shape index (κ1) is 26.6. The van der Waals surface area contributed by atoms with Crippen molar-refractivity contribution in [2.75, 3.05) is 32.2 Å². The van der Waals surface area contributed by atoms with Crippen LogP contribution in [0.25, 0.3) is 6.08 Å². The van der Waals surface area contributed by atoms with Gasteiger partial charge >= 0.3 is 5.97 Å². The lowest BCUT2D eigenvalue weighted by molar-refractivity contribution is -0.127. The molecule has 36 heavy (non-hydrogen) atoms. The predicted molar refractivity (Wildman–Crippen MR) is 133 cm³/mol. The van der Waals surface area contributed by atoms with Gasteiger partial charge in [0.2, 0.25) is 5.91 Å². The molecule has 1 aliphatic heterocycles. The summed E-state index contributed by atoms with van der Waals surface area (Å²) < 4.78 is 15.5. The molecule has 0 saturated carbocycles. The fraction of sp³-hybridized carbons (Fsp3) is 0.208. The summed E-state index contributed by atoms with van der Waals surface area (Å²) in [5.74, 6) is -1.19. The van der Waals surface area contributed by atoms with E-state index in [1.54, 1.807) is 25.1 Å². The summed E-state index contributed by atoms with van der Waals surface area (Å²) in [7, 11) is 1.20. The van der Waals surface area contributed by atoms with Crippen molar-refractivity contribution in [1.29, 1.82) is 5.26 Å². The third-order valence-electron chi connectivity index (χ3n) is 4.69. The molecule has 2 aromatic carbocycles. The Bertz CT molecular complexity index is 1290. The summed E-state index contributed by atoms with van der Waals surface area (Å²) in [5.41, 5.74) is 0.866. The van der Waals surface area contributed by atoms with E-state index in [0.29, 0.717) is 35.4 Å². The number of ether oxygens (including phenoxy) is 3. The quantitative estimate of drug-likeness (QED) is 0.376. The topological polar surface area (TPSA) is 135 Å². The third-order valence-corrected chi connectivity index (χ3v) is 5.93. The fourth-order valence-electron chi connectivity index (χ4n) is 3.11. The number of esters is 1. The molecule has 3 rings (SSSR count). The van der Waals surface area contributed by atoms with Gasteiger partial charge < -0.3 is 19.5 Å². The van der Waals surface area contributed by atoms with Crippen molar-refractivity contribution < 1.29 is 33.4 Å². The van der Waals surface area contributed by atoms with E-state index in [0.717, 1.165) is 4.90 Å².